The molecule has 0 aromatic heterocycles. The van der Waals surface area contributed by atoms with Gasteiger partial charge in [-0.2, -0.15) is 36.4 Å². The maximum atomic E-state index is 6.71. The van der Waals surface area contributed by atoms with Crippen LogP contribution in [0, 0.1) is 12.1 Å². The van der Waals surface area contributed by atoms with E-state index in [0.717, 1.165) is 18.1 Å². The van der Waals surface area contributed by atoms with Crippen LogP contribution in [0.1, 0.15) is 8.29 Å². The van der Waals surface area contributed by atoms with Crippen molar-refractivity contribution in [3.63, 3.8) is 0 Å². The van der Waals surface area contributed by atoms with Crippen LogP contribution in [-0.4, -0.2) is 13.7 Å². The van der Waals surface area contributed by atoms with E-state index in [2.05, 4.69) is 12.1 Å². The van der Waals surface area contributed by atoms with Crippen molar-refractivity contribution in [3.8, 4) is 11.5 Å². The van der Waals surface area contributed by atoms with Crippen molar-refractivity contribution in [2.75, 3.05) is 13.7 Å². The van der Waals surface area contributed by atoms with Crippen LogP contribution in [0.15, 0.2) is 48.5 Å². The summed E-state index contributed by atoms with van der Waals surface area (Å²) < 4.78 is 16.7. The average molecular weight is 319 g/mol. The molecule has 93 valence electrons. The van der Waals surface area contributed by atoms with Crippen LogP contribution >= 0.6 is 0 Å². The smallest absolute Gasteiger partial charge is 0.0822 e. The molecule has 0 fully saturated rings. The van der Waals surface area contributed by atoms with Gasteiger partial charge in [-0.15, -0.1) is 24.3 Å². The standard InChI is InChI=1S/C8H9O.C7H7O.Y/c1-2-9-8-6-4-3-5-7-8;1-8-7-5-3-2-4-6-7;/h4-7H,2H2,1H3;3-6H,1H3;/q2*-1;/i;1T;. The molecule has 2 nitrogen and oxygen atoms in total. The molecule has 0 bridgehead atoms. The van der Waals surface area contributed by atoms with Crippen molar-refractivity contribution in [2.45, 2.75) is 6.92 Å². The van der Waals surface area contributed by atoms with Gasteiger partial charge in [-0.05, 0) is 6.92 Å². The Bertz CT molecular complexity index is 368. The van der Waals surface area contributed by atoms with E-state index in [1.807, 2.05) is 31.2 Å². The maximum Gasteiger partial charge on any atom is 0.0822 e. The molecule has 3 heteroatoms. The Balaban J connectivity index is 0.000000324. The van der Waals surface area contributed by atoms with E-state index in [4.69, 9.17) is 10.8 Å². The molecule has 18 heavy (non-hydrogen) atoms. The largest absolute Gasteiger partial charge is 0.522 e. The summed E-state index contributed by atoms with van der Waals surface area (Å²) in [5.41, 5.74) is 0. The van der Waals surface area contributed by atoms with Crippen molar-refractivity contribution >= 4 is 0 Å². The van der Waals surface area contributed by atoms with Gasteiger partial charge in [-0.25, -0.2) is 0 Å². The predicted molar refractivity (Wildman–Crippen MR) is 68.3 cm³/mol. The molecule has 1 radical (unpaired) electrons. The predicted octanol–water partition coefficient (Wildman–Crippen LogP) is 3.38. The van der Waals surface area contributed by atoms with Crippen molar-refractivity contribution in [1.82, 2.24) is 0 Å². The molecule has 0 saturated carbocycles. The first-order valence-corrected chi connectivity index (χ1v) is 5.34. The normalized spacial score (nSPS) is 9.06. The van der Waals surface area contributed by atoms with E-state index in [1.54, 1.807) is 24.3 Å². The molecule has 0 aliphatic rings. The zero-order chi connectivity index (χ0) is 13.1. The van der Waals surface area contributed by atoms with E-state index in [0.29, 0.717) is 0 Å². The fourth-order valence-corrected chi connectivity index (χ4v) is 1.10. The van der Waals surface area contributed by atoms with Crippen LogP contribution < -0.4 is 9.47 Å². The van der Waals surface area contributed by atoms with Crippen molar-refractivity contribution < 1.29 is 43.6 Å². The van der Waals surface area contributed by atoms with E-state index >= 15 is 0 Å². The topological polar surface area (TPSA) is 18.5 Å². The zero-order valence-electron chi connectivity index (χ0n) is 11.4. The first-order valence-electron chi connectivity index (χ1n) is 6.04. The van der Waals surface area contributed by atoms with Gasteiger partial charge in [0.1, 0.15) is 0 Å². The quantitative estimate of drug-likeness (QED) is 0.808. The van der Waals surface area contributed by atoms with Gasteiger partial charge in [0.2, 0.25) is 0 Å². The molecule has 0 amide bonds. The third-order valence-electron chi connectivity index (χ3n) is 1.85. The Hall–Kier alpha value is -0.856. The van der Waals surface area contributed by atoms with Crippen LogP contribution in [0.2, 0.25) is 0 Å². The zero-order valence-corrected chi connectivity index (χ0v) is 13.3. The molecule has 0 saturated heterocycles. The van der Waals surface area contributed by atoms with Crippen LogP contribution in [-0.2, 0) is 32.7 Å². The van der Waals surface area contributed by atoms with E-state index in [-0.39, 0.29) is 39.8 Å². The first kappa shape index (κ1) is 15.2. The number of methoxy groups -OCH3 is 1. The Morgan fingerprint density at radius 3 is 1.94 bits per heavy atom. The van der Waals surface area contributed by atoms with E-state index in [9.17, 15) is 0 Å². The van der Waals surface area contributed by atoms with Gasteiger partial charge in [0, 0.05) is 44.2 Å². The molecule has 0 spiro atoms. The fourth-order valence-electron chi connectivity index (χ4n) is 1.10. The Morgan fingerprint density at radius 2 is 1.50 bits per heavy atom. The van der Waals surface area contributed by atoms with Gasteiger partial charge in [-0.1, -0.05) is 0 Å². The SMILES string of the molecule is CCOc1cc[c-]cc1.[3H]COc1cc[c-]cc1.[Y]. The molecular formula is C15H16O2Y-2. The minimum atomic E-state index is -0.0238. The monoisotopic (exact) mass is 319 g/mol. The molecule has 0 heterocycles. The fraction of sp³-hybridized carbons (Fsp3) is 0.200. The summed E-state index contributed by atoms with van der Waals surface area (Å²) >= 11 is 0. The van der Waals surface area contributed by atoms with E-state index in [1.165, 1.54) is 0 Å². The number of hydrogen-bond donors (Lipinski definition) is 0. The van der Waals surface area contributed by atoms with Gasteiger partial charge in [0.15, 0.2) is 0 Å². The average Bonchev–Trinajstić information content (AvgIpc) is 2.43. The molecule has 0 atom stereocenters. The van der Waals surface area contributed by atoms with Crippen LogP contribution in [0.4, 0.5) is 0 Å². The summed E-state index contributed by atoms with van der Waals surface area (Å²) in [7, 11) is -0.0238. The molecule has 2 rings (SSSR count). The minimum Gasteiger partial charge on any atom is -0.522 e. The Kier molecular flexibility index (Phi) is 9.50. The second-order valence-corrected chi connectivity index (χ2v) is 3.05. The van der Waals surface area contributed by atoms with Gasteiger partial charge in [0.25, 0.3) is 0 Å². The summed E-state index contributed by atoms with van der Waals surface area (Å²) in [6.07, 6.45) is 0. The number of hydrogen-bond acceptors (Lipinski definition) is 2. The second-order valence-electron chi connectivity index (χ2n) is 3.05. The third kappa shape index (κ3) is 7.47. The molecule has 2 aromatic rings. The summed E-state index contributed by atoms with van der Waals surface area (Å²) in [4.78, 5) is 0. The molecule has 0 N–H and O–H groups in total. The minimum absolute atomic E-state index is 0. The number of benzene rings is 2. The summed E-state index contributed by atoms with van der Waals surface area (Å²) in [6.45, 7) is 2.70. The Morgan fingerprint density at radius 1 is 1.00 bits per heavy atom. The molecule has 0 unspecified atom stereocenters. The first-order chi connectivity index (χ1) is 8.86. The van der Waals surface area contributed by atoms with Crippen molar-refractivity contribution in [1.29, 1.82) is 0 Å². The van der Waals surface area contributed by atoms with Gasteiger partial charge < -0.3 is 9.47 Å². The van der Waals surface area contributed by atoms with Crippen molar-refractivity contribution in [3.05, 3.63) is 60.7 Å². The van der Waals surface area contributed by atoms with Crippen LogP contribution in [0.25, 0.3) is 0 Å². The van der Waals surface area contributed by atoms with Crippen molar-refractivity contribution in [2.24, 2.45) is 0 Å². The van der Waals surface area contributed by atoms with Gasteiger partial charge in [0.05, 0.1) is 15.1 Å². The van der Waals surface area contributed by atoms with Crippen LogP contribution in [0.3, 0.4) is 0 Å². The molecule has 0 aliphatic carbocycles. The van der Waals surface area contributed by atoms with E-state index < -0.39 is 0 Å². The number of ether oxygens (including phenoxy) is 2. The van der Waals surface area contributed by atoms with Crippen LogP contribution in [0.5, 0.6) is 11.5 Å². The van der Waals surface area contributed by atoms with Gasteiger partial charge >= 0.3 is 0 Å². The number of rotatable bonds is 3. The second kappa shape index (κ2) is 11.2. The molecule has 2 aromatic carbocycles. The summed E-state index contributed by atoms with van der Waals surface area (Å²) in [5, 5.41) is 0. The van der Waals surface area contributed by atoms with Gasteiger partial charge in [-0.3, -0.25) is 0 Å². The maximum absolute atomic E-state index is 6.71. The third-order valence-corrected chi connectivity index (χ3v) is 1.85. The molecular weight excluding hydrogens is 301 g/mol. The Labute approximate surface area is 136 Å². The summed E-state index contributed by atoms with van der Waals surface area (Å²) in [6, 6.07) is 20.3. The summed E-state index contributed by atoms with van der Waals surface area (Å²) in [5.74, 6) is 1.64. The molecule has 0 aliphatic heterocycles.